The molecule has 128 valence electrons. The highest BCUT2D eigenvalue weighted by Crippen LogP contribution is 2.29. The SMILES string of the molecule is Cc1nc(S[C@@H](C)C(=O)Nc2cc(F)ccc2F)c2ccccc2n1. The van der Waals surface area contributed by atoms with E-state index >= 15 is 0 Å². The highest BCUT2D eigenvalue weighted by atomic mass is 32.2. The normalized spacial score (nSPS) is 12.2. The zero-order valence-electron chi connectivity index (χ0n) is 13.6. The minimum atomic E-state index is -0.685. The number of rotatable bonds is 4. The van der Waals surface area contributed by atoms with E-state index in [1.54, 1.807) is 13.8 Å². The summed E-state index contributed by atoms with van der Waals surface area (Å²) < 4.78 is 26.9. The molecule has 0 spiro atoms. The first-order chi connectivity index (χ1) is 11.9. The fraction of sp³-hybridized carbons (Fsp3) is 0.167. The molecule has 0 unspecified atom stereocenters. The highest BCUT2D eigenvalue weighted by molar-refractivity contribution is 8.00. The first-order valence-electron chi connectivity index (χ1n) is 7.60. The molecule has 3 aromatic rings. The molecule has 0 aliphatic heterocycles. The molecular formula is C18H15F2N3OS. The molecule has 0 saturated heterocycles. The summed E-state index contributed by atoms with van der Waals surface area (Å²) in [6.45, 7) is 3.47. The maximum absolute atomic E-state index is 13.7. The molecule has 0 radical (unpaired) electrons. The van der Waals surface area contributed by atoms with Crippen molar-refractivity contribution in [2.24, 2.45) is 0 Å². The maximum Gasteiger partial charge on any atom is 0.237 e. The Morgan fingerprint density at radius 3 is 2.72 bits per heavy atom. The summed E-state index contributed by atoms with van der Waals surface area (Å²) in [4.78, 5) is 21.1. The van der Waals surface area contributed by atoms with Crippen LogP contribution in [0.1, 0.15) is 12.7 Å². The van der Waals surface area contributed by atoms with E-state index in [4.69, 9.17) is 0 Å². The van der Waals surface area contributed by atoms with E-state index in [1.165, 1.54) is 11.8 Å². The third-order valence-corrected chi connectivity index (χ3v) is 4.63. The lowest BCUT2D eigenvalue weighted by atomic mass is 10.2. The van der Waals surface area contributed by atoms with Crippen LogP contribution in [-0.4, -0.2) is 21.1 Å². The second-order valence-corrected chi connectivity index (χ2v) is 6.80. The number of carbonyl (C=O) groups is 1. The summed E-state index contributed by atoms with van der Waals surface area (Å²) in [5.41, 5.74) is 0.613. The van der Waals surface area contributed by atoms with Crippen LogP contribution in [0.4, 0.5) is 14.5 Å². The summed E-state index contributed by atoms with van der Waals surface area (Å²) in [7, 11) is 0. The number of para-hydroxylation sites is 1. The van der Waals surface area contributed by atoms with Gasteiger partial charge in [-0.05, 0) is 32.0 Å². The van der Waals surface area contributed by atoms with E-state index in [0.717, 1.165) is 29.1 Å². The average Bonchev–Trinajstić information content (AvgIpc) is 2.58. The summed E-state index contributed by atoms with van der Waals surface area (Å²) in [6, 6.07) is 10.4. The van der Waals surface area contributed by atoms with Crippen LogP contribution in [0.25, 0.3) is 10.9 Å². The maximum atomic E-state index is 13.7. The zero-order chi connectivity index (χ0) is 18.0. The molecular weight excluding hydrogens is 344 g/mol. The number of nitrogens with zero attached hydrogens (tertiary/aromatic N) is 2. The van der Waals surface area contributed by atoms with Gasteiger partial charge in [-0.15, -0.1) is 0 Å². The monoisotopic (exact) mass is 359 g/mol. The largest absolute Gasteiger partial charge is 0.323 e. The molecule has 0 saturated carbocycles. The number of hydrogen-bond acceptors (Lipinski definition) is 4. The number of aromatic nitrogens is 2. The number of hydrogen-bond donors (Lipinski definition) is 1. The number of anilines is 1. The van der Waals surface area contributed by atoms with Gasteiger partial charge in [0.1, 0.15) is 22.5 Å². The molecule has 1 atom stereocenters. The standard InChI is InChI=1S/C18H15F2N3OS/c1-10(17(24)23-16-9-12(19)7-8-14(16)20)25-18-13-5-3-4-6-15(13)21-11(2)22-18/h3-10H,1-2H3,(H,23,24)/t10-/m0/s1. The summed E-state index contributed by atoms with van der Waals surface area (Å²) in [6.07, 6.45) is 0. The minimum Gasteiger partial charge on any atom is -0.323 e. The average molecular weight is 359 g/mol. The van der Waals surface area contributed by atoms with Gasteiger partial charge >= 0.3 is 0 Å². The lowest BCUT2D eigenvalue weighted by molar-refractivity contribution is -0.115. The number of nitrogens with one attached hydrogen (secondary N) is 1. The van der Waals surface area contributed by atoms with Gasteiger partial charge in [0.2, 0.25) is 5.91 Å². The van der Waals surface area contributed by atoms with Crippen LogP contribution < -0.4 is 5.32 Å². The van der Waals surface area contributed by atoms with Gasteiger partial charge < -0.3 is 5.32 Å². The van der Waals surface area contributed by atoms with E-state index in [-0.39, 0.29) is 5.69 Å². The summed E-state index contributed by atoms with van der Waals surface area (Å²) in [5, 5.41) is 3.37. The third kappa shape index (κ3) is 3.93. The van der Waals surface area contributed by atoms with Crippen molar-refractivity contribution in [3.63, 3.8) is 0 Å². The molecule has 1 N–H and O–H groups in total. The smallest absolute Gasteiger partial charge is 0.237 e. The predicted octanol–water partition coefficient (Wildman–Crippen LogP) is 4.34. The van der Waals surface area contributed by atoms with Gasteiger partial charge in [0.05, 0.1) is 16.5 Å². The van der Waals surface area contributed by atoms with E-state index in [1.807, 2.05) is 24.3 Å². The van der Waals surface area contributed by atoms with Crippen LogP contribution in [0.15, 0.2) is 47.5 Å². The second kappa shape index (κ2) is 7.14. The van der Waals surface area contributed by atoms with Crippen molar-refractivity contribution in [2.45, 2.75) is 24.1 Å². The van der Waals surface area contributed by atoms with Gasteiger partial charge in [-0.3, -0.25) is 4.79 Å². The Morgan fingerprint density at radius 1 is 1.16 bits per heavy atom. The second-order valence-electron chi connectivity index (χ2n) is 5.47. The third-order valence-electron chi connectivity index (χ3n) is 3.52. The molecule has 25 heavy (non-hydrogen) atoms. The van der Waals surface area contributed by atoms with Crippen LogP contribution in [0.5, 0.6) is 0 Å². The van der Waals surface area contributed by atoms with Gasteiger partial charge in [0.15, 0.2) is 0 Å². The number of thioether (sulfide) groups is 1. The molecule has 1 heterocycles. The lowest BCUT2D eigenvalue weighted by Gasteiger charge is -2.13. The molecule has 2 aromatic carbocycles. The van der Waals surface area contributed by atoms with Crippen LogP contribution in [0, 0.1) is 18.6 Å². The molecule has 3 rings (SSSR count). The number of halogens is 2. The topological polar surface area (TPSA) is 54.9 Å². The van der Waals surface area contributed by atoms with Crippen molar-refractivity contribution in [1.82, 2.24) is 9.97 Å². The van der Waals surface area contributed by atoms with Crippen LogP contribution in [-0.2, 0) is 4.79 Å². The fourth-order valence-electron chi connectivity index (χ4n) is 2.30. The Balaban J connectivity index is 1.81. The van der Waals surface area contributed by atoms with Crippen molar-refractivity contribution in [2.75, 3.05) is 5.32 Å². The molecule has 1 amide bonds. The number of carbonyl (C=O) groups excluding carboxylic acids is 1. The molecule has 0 bridgehead atoms. The van der Waals surface area contributed by atoms with Gasteiger partial charge in [0.25, 0.3) is 0 Å². The number of aryl methyl sites for hydroxylation is 1. The quantitative estimate of drug-likeness (QED) is 0.556. The van der Waals surface area contributed by atoms with Crippen LogP contribution >= 0.6 is 11.8 Å². The summed E-state index contributed by atoms with van der Waals surface area (Å²) in [5.74, 6) is -1.13. The lowest BCUT2D eigenvalue weighted by Crippen LogP contribution is -2.23. The van der Waals surface area contributed by atoms with E-state index in [2.05, 4.69) is 15.3 Å². The zero-order valence-corrected chi connectivity index (χ0v) is 14.4. The Bertz CT molecular complexity index is 949. The number of benzene rings is 2. The first kappa shape index (κ1) is 17.3. The summed E-state index contributed by atoms with van der Waals surface area (Å²) >= 11 is 1.25. The van der Waals surface area contributed by atoms with E-state index < -0.39 is 22.8 Å². The molecule has 0 fully saturated rings. The Hall–Kier alpha value is -2.54. The minimum absolute atomic E-state index is 0.179. The molecule has 1 aromatic heterocycles. The van der Waals surface area contributed by atoms with Crippen LogP contribution in [0.3, 0.4) is 0 Å². The van der Waals surface area contributed by atoms with Crippen molar-refractivity contribution < 1.29 is 13.6 Å². The van der Waals surface area contributed by atoms with Crippen molar-refractivity contribution >= 4 is 34.3 Å². The molecule has 7 heteroatoms. The van der Waals surface area contributed by atoms with E-state index in [0.29, 0.717) is 10.9 Å². The van der Waals surface area contributed by atoms with Crippen molar-refractivity contribution in [3.8, 4) is 0 Å². The van der Waals surface area contributed by atoms with E-state index in [9.17, 15) is 13.6 Å². The first-order valence-corrected chi connectivity index (χ1v) is 8.48. The van der Waals surface area contributed by atoms with Gasteiger partial charge in [0, 0.05) is 11.5 Å². The molecule has 4 nitrogen and oxygen atoms in total. The van der Waals surface area contributed by atoms with Gasteiger partial charge in [-0.2, -0.15) is 0 Å². The Morgan fingerprint density at radius 2 is 1.92 bits per heavy atom. The van der Waals surface area contributed by atoms with Crippen LogP contribution in [0.2, 0.25) is 0 Å². The highest BCUT2D eigenvalue weighted by Gasteiger charge is 2.19. The van der Waals surface area contributed by atoms with Gasteiger partial charge in [-0.1, -0.05) is 30.0 Å². The fourth-order valence-corrected chi connectivity index (χ4v) is 3.28. The van der Waals surface area contributed by atoms with Crippen molar-refractivity contribution in [3.05, 3.63) is 59.9 Å². The number of fused-ring (bicyclic) bond motifs is 1. The van der Waals surface area contributed by atoms with Crippen molar-refractivity contribution in [1.29, 1.82) is 0 Å². The predicted molar refractivity (Wildman–Crippen MR) is 94.6 cm³/mol. The molecule has 0 aliphatic rings. The Kier molecular flexibility index (Phi) is 4.94. The number of amides is 1. The molecule has 0 aliphatic carbocycles. The Labute approximate surface area is 147 Å². The van der Waals surface area contributed by atoms with Gasteiger partial charge in [-0.25, -0.2) is 18.7 Å².